The van der Waals surface area contributed by atoms with Crippen LogP contribution in [-0.2, 0) is 11.2 Å². The van der Waals surface area contributed by atoms with E-state index < -0.39 is 6.36 Å². The molecule has 2 amide bonds. The Hall–Kier alpha value is -3.14. The second kappa shape index (κ2) is 10.3. The number of rotatable bonds is 7. The van der Waals surface area contributed by atoms with Gasteiger partial charge in [-0.2, -0.15) is 0 Å². The maximum atomic E-state index is 12.4. The van der Waals surface area contributed by atoms with Crippen LogP contribution in [0.15, 0.2) is 48.7 Å². The summed E-state index contributed by atoms with van der Waals surface area (Å²) < 4.78 is 40.3. The number of pyridine rings is 1. The standard InChI is InChI=1S/C21H23F3N4O3/c22-21(23,24)31-17-6-4-16(5-7-17)8-10-26-19(29)15-27-11-13-28(14-12-27)20(30)18-3-1-2-9-25-18/h1-7,9H,8,10-15H2,(H,26,29). The Kier molecular flexibility index (Phi) is 7.45. The van der Waals surface area contributed by atoms with E-state index in [-0.39, 0.29) is 24.1 Å². The van der Waals surface area contributed by atoms with Gasteiger partial charge in [0.1, 0.15) is 11.4 Å². The van der Waals surface area contributed by atoms with Crippen molar-refractivity contribution in [1.82, 2.24) is 20.1 Å². The Bertz CT molecular complexity index is 868. The summed E-state index contributed by atoms with van der Waals surface area (Å²) in [5, 5.41) is 2.81. The third kappa shape index (κ3) is 7.25. The second-order valence-electron chi connectivity index (χ2n) is 7.08. The molecule has 0 bridgehead atoms. The third-order valence-corrected chi connectivity index (χ3v) is 4.80. The summed E-state index contributed by atoms with van der Waals surface area (Å²) in [6.45, 7) is 2.82. The minimum Gasteiger partial charge on any atom is -0.406 e. The van der Waals surface area contributed by atoms with E-state index in [1.54, 1.807) is 29.3 Å². The van der Waals surface area contributed by atoms with Crippen LogP contribution in [0.3, 0.4) is 0 Å². The van der Waals surface area contributed by atoms with Crippen molar-refractivity contribution in [1.29, 1.82) is 0 Å². The fraction of sp³-hybridized carbons (Fsp3) is 0.381. The molecule has 1 saturated heterocycles. The number of carbonyl (C=O) groups is 2. The Labute approximate surface area is 177 Å². The highest BCUT2D eigenvalue weighted by Crippen LogP contribution is 2.22. The van der Waals surface area contributed by atoms with Crippen LogP contribution in [0.1, 0.15) is 16.1 Å². The van der Waals surface area contributed by atoms with E-state index in [0.717, 1.165) is 5.56 Å². The molecule has 0 saturated carbocycles. The molecule has 1 N–H and O–H groups in total. The molecule has 0 unspecified atom stereocenters. The number of ether oxygens (including phenoxy) is 1. The third-order valence-electron chi connectivity index (χ3n) is 4.80. The molecule has 7 nitrogen and oxygen atoms in total. The minimum absolute atomic E-state index is 0.114. The molecule has 1 aromatic carbocycles. The van der Waals surface area contributed by atoms with E-state index in [9.17, 15) is 22.8 Å². The lowest BCUT2D eigenvalue weighted by atomic mass is 10.1. The molecular formula is C21H23F3N4O3. The number of aromatic nitrogens is 1. The van der Waals surface area contributed by atoms with Crippen molar-refractivity contribution in [2.75, 3.05) is 39.3 Å². The van der Waals surface area contributed by atoms with Crippen LogP contribution >= 0.6 is 0 Å². The van der Waals surface area contributed by atoms with E-state index in [1.165, 1.54) is 24.3 Å². The predicted molar refractivity (Wildman–Crippen MR) is 106 cm³/mol. The van der Waals surface area contributed by atoms with Crippen LogP contribution < -0.4 is 10.1 Å². The first kappa shape index (κ1) is 22.5. The number of hydrogen-bond donors (Lipinski definition) is 1. The van der Waals surface area contributed by atoms with Crippen LogP contribution in [0.4, 0.5) is 13.2 Å². The Balaban J connectivity index is 1.35. The smallest absolute Gasteiger partial charge is 0.406 e. The van der Waals surface area contributed by atoms with Crippen LogP contribution in [0.5, 0.6) is 5.75 Å². The molecule has 1 aromatic heterocycles. The number of halogens is 3. The number of piperazine rings is 1. The number of hydrogen-bond acceptors (Lipinski definition) is 5. The first-order valence-electron chi connectivity index (χ1n) is 9.84. The lowest BCUT2D eigenvalue weighted by Gasteiger charge is -2.34. The highest BCUT2D eigenvalue weighted by Gasteiger charge is 2.31. The van der Waals surface area contributed by atoms with Gasteiger partial charge >= 0.3 is 6.36 Å². The van der Waals surface area contributed by atoms with Gasteiger partial charge in [0.15, 0.2) is 0 Å². The van der Waals surface area contributed by atoms with Gasteiger partial charge in [-0.25, -0.2) is 0 Å². The molecule has 2 heterocycles. The van der Waals surface area contributed by atoms with E-state index >= 15 is 0 Å². The number of nitrogens with one attached hydrogen (secondary N) is 1. The average molecular weight is 436 g/mol. The van der Waals surface area contributed by atoms with Gasteiger partial charge in [0, 0.05) is 38.9 Å². The first-order valence-corrected chi connectivity index (χ1v) is 9.84. The molecule has 0 atom stereocenters. The van der Waals surface area contributed by atoms with Crippen molar-refractivity contribution in [3.63, 3.8) is 0 Å². The molecule has 1 fully saturated rings. The zero-order valence-electron chi connectivity index (χ0n) is 16.8. The van der Waals surface area contributed by atoms with Crippen molar-refractivity contribution in [3.05, 3.63) is 59.9 Å². The summed E-state index contributed by atoms with van der Waals surface area (Å²) in [5.74, 6) is -0.529. The highest BCUT2D eigenvalue weighted by molar-refractivity contribution is 5.92. The number of carbonyl (C=O) groups excluding carboxylic acids is 2. The predicted octanol–water partition coefficient (Wildman–Crippen LogP) is 2.10. The number of nitrogens with zero attached hydrogens (tertiary/aromatic N) is 3. The summed E-state index contributed by atoms with van der Waals surface area (Å²) in [7, 11) is 0. The summed E-state index contributed by atoms with van der Waals surface area (Å²) >= 11 is 0. The summed E-state index contributed by atoms with van der Waals surface area (Å²) in [5.41, 5.74) is 1.20. The summed E-state index contributed by atoms with van der Waals surface area (Å²) in [6, 6.07) is 10.8. The normalized spacial score (nSPS) is 14.9. The minimum atomic E-state index is -4.72. The molecule has 10 heteroatoms. The maximum absolute atomic E-state index is 12.4. The van der Waals surface area contributed by atoms with Crippen molar-refractivity contribution in [2.45, 2.75) is 12.8 Å². The monoisotopic (exact) mass is 436 g/mol. The Morgan fingerprint density at radius 1 is 1.03 bits per heavy atom. The molecule has 0 radical (unpaired) electrons. The maximum Gasteiger partial charge on any atom is 0.573 e. The zero-order chi connectivity index (χ0) is 22.3. The topological polar surface area (TPSA) is 74.8 Å². The lowest BCUT2D eigenvalue weighted by molar-refractivity contribution is -0.274. The first-order chi connectivity index (χ1) is 14.8. The number of benzene rings is 1. The molecule has 2 aromatic rings. The Morgan fingerprint density at radius 3 is 2.35 bits per heavy atom. The van der Waals surface area contributed by atoms with Crippen molar-refractivity contribution >= 4 is 11.8 Å². The number of amides is 2. The van der Waals surface area contributed by atoms with Gasteiger partial charge in [0.05, 0.1) is 6.54 Å². The van der Waals surface area contributed by atoms with E-state index in [2.05, 4.69) is 15.0 Å². The van der Waals surface area contributed by atoms with Gasteiger partial charge in [-0.15, -0.1) is 13.2 Å². The molecule has 31 heavy (non-hydrogen) atoms. The Morgan fingerprint density at radius 2 is 1.74 bits per heavy atom. The van der Waals surface area contributed by atoms with Gasteiger partial charge < -0.3 is 15.0 Å². The molecule has 166 valence electrons. The fourth-order valence-electron chi connectivity index (χ4n) is 3.22. The lowest BCUT2D eigenvalue weighted by Crippen LogP contribution is -2.51. The summed E-state index contributed by atoms with van der Waals surface area (Å²) in [4.78, 5) is 32.3. The quantitative estimate of drug-likeness (QED) is 0.720. The molecular weight excluding hydrogens is 413 g/mol. The van der Waals surface area contributed by atoms with E-state index in [4.69, 9.17) is 0 Å². The van der Waals surface area contributed by atoms with Gasteiger partial charge in [-0.1, -0.05) is 18.2 Å². The van der Waals surface area contributed by atoms with Crippen LogP contribution in [0.25, 0.3) is 0 Å². The van der Waals surface area contributed by atoms with Crippen molar-refractivity contribution in [2.24, 2.45) is 0 Å². The molecule has 1 aliphatic rings. The van der Waals surface area contributed by atoms with Crippen LogP contribution in [0.2, 0.25) is 0 Å². The van der Waals surface area contributed by atoms with Crippen molar-refractivity contribution in [3.8, 4) is 5.75 Å². The molecule has 0 aliphatic carbocycles. The SMILES string of the molecule is O=C(CN1CCN(C(=O)c2ccccn2)CC1)NCCc1ccc(OC(F)(F)F)cc1. The van der Waals surface area contributed by atoms with Gasteiger partial charge in [0.2, 0.25) is 5.91 Å². The molecule has 0 spiro atoms. The van der Waals surface area contributed by atoms with Crippen molar-refractivity contribution < 1.29 is 27.5 Å². The molecule has 1 aliphatic heterocycles. The molecule has 3 rings (SSSR count). The zero-order valence-corrected chi connectivity index (χ0v) is 16.8. The largest absolute Gasteiger partial charge is 0.573 e. The van der Waals surface area contributed by atoms with Gasteiger partial charge in [-0.05, 0) is 36.2 Å². The van der Waals surface area contributed by atoms with Crippen LogP contribution in [0, 0.1) is 0 Å². The van der Waals surface area contributed by atoms with Gasteiger partial charge in [0.25, 0.3) is 5.91 Å². The van der Waals surface area contributed by atoms with Gasteiger partial charge in [-0.3, -0.25) is 19.5 Å². The summed E-state index contributed by atoms with van der Waals surface area (Å²) in [6.07, 6.45) is -2.64. The fourth-order valence-corrected chi connectivity index (χ4v) is 3.22. The highest BCUT2D eigenvalue weighted by atomic mass is 19.4. The van der Waals surface area contributed by atoms with E-state index in [0.29, 0.717) is 44.8 Å². The second-order valence-corrected chi connectivity index (χ2v) is 7.08. The van der Waals surface area contributed by atoms with Crippen LogP contribution in [-0.4, -0.2) is 72.2 Å². The van der Waals surface area contributed by atoms with E-state index in [1.807, 2.05) is 4.90 Å². The number of alkyl halides is 3. The average Bonchev–Trinajstić information content (AvgIpc) is 2.74.